The summed E-state index contributed by atoms with van der Waals surface area (Å²) in [4.78, 5) is 4.62. The molecule has 112 valence electrons. The van der Waals surface area contributed by atoms with Gasteiger partial charge in [-0.3, -0.25) is 0 Å². The molecule has 1 saturated carbocycles. The first-order valence-corrected chi connectivity index (χ1v) is 8.11. The van der Waals surface area contributed by atoms with Crippen molar-refractivity contribution in [3.8, 4) is 5.75 Å². The molecule has 0 amide bonds. The van der Waals surface area contributed by atoms with Crippen LogP contribution in [-0.4, -0.2) is 23.7 Å². The van der Waals surface area contributed by atoms with Crippen LogP contribution < -0.4 is 10.1 Å². The van der Waals surface area contributed by atoms with Gasteiger partial charge in [-0.2, -0.15) is 0 Å². The van der Waals surface area contributed by atoms with E-state index in [0.717, 1.165) is 17.0 Å². The number of hydrogen-bond donors (Lipinski definition) is 2. The van der Waals surface area contributed by atoms with Gasteiger partial charge in [0.05, 0.1) is 23.9 Å². The lowest BCUT2D eigenvalue weighted by atomic mass is 10.1. The van der Waals surface area contributed by atoms with Crippen molar-refractivity contribution in [2.24, 2.45) is 0 Å². The predicted molar refractivity (Wildman–Crippen MR) is 83.7 cm³/mol. The van der Waals surface area contributed by atoms with Crippen LogP contribution in [0.4, 0.5) is 0 Å². The SMILES string of the molecule is COc1ccc(C(O)CNCc2csc(C3CC3)n2)cc1. The van der Waals surface area contributed by atoms with Crippen LogP contribution in [0.3, 0.4) is 0 Å². The second-order valence-corrected chi connectivity index (χ2v) is 6.26. The number of aliphatic hydroxyl groups is 1. The summed E-state index contributed by atoms with van der Waals surface area (Å²) in [5, 5.41) is 16.8. The Morgan fingerprint density at radius 2 is 2.14 bits per heavy atom. The number of ether oxygens (including phenoxy) is 1. The van der Waals surface area contributed by atoms with E-state index in [1.165, 1.54) is 17.8 Å². The molecule has 1 aliphatic carbocycles. The molecule has 1 fully saturated rings. The van der Waals surface area contributed by atoms with Crippen LogP contribution in [0, 0.1) is 0 Å². The quantitative estimate of drug-likeness (QED) is 0.826. The summed E-state index contributed by atoms with van der Waals surface area (Å²) >= 11 is 1.75. The summed E-state index contributed by atoms with van der Waals surface area (Å²) < 4.78 is 5.11. The molecule has 5 heteroatoms. The highest BCUT2D eigenvalue weighted by Gasteiger charge is 2.26. The van der Waals surface area contributed by atoms with Gasteiger partial charge in [-0.05, 0) is 30.5 Å². The van der Waals surface area contributed by atoms with Crippen molar-refractivity contribution >= 4 is 11.3 Å². The number of thiazole rings is 1. The van der Waals surface area contributed by atoms with E-state index in [2.05, 4.69) is 15.7 Å². The monoisotopic (exact) mass is 304 g/mol. The number of benzene rings is 1. The Bertz CT molecular complexity index is 578. The second-order valence-electron chi connectivity index (χ2n) is 5.37. The Labute approximate surface area is 128 Å². The smallest absolute Gasteiger partial charge is 0.118 e. The van der Waals surface area contributed by atoms with E-state index in [-0.39, 0.29) is 0 Å². The lowest BCUT2D eigenvalue weighted by Crippen LogP contribution is -2.21. The molecule has 1 aliphatic rings. The normalized spacial score (nSPS) is 15.9. The van der Waals surface area contributed by atoms with Gasteiger partial charge in [-0.1, -0.05) is 12.1 Å². The molecule has 0 aliphatic heterocycles. The van der Waals surface area contributed by atoms with Gasteiger partial charge >= 0.3 is 0 Å². The second kappa shape index (κ2) is 6.56. The van der Waals surface area contributed by atoms with E-state index in [1.807, 2.05) is 24.3 Å². The Hall–Kier alpha value is -1.43. The summed E-state index contributed by atoms with van der Waals surface area (Å²) in [6.45, 7) is 1.22. The molecule has 0 bridgehead atoms. The maximum atomic E-state index is 10.1. The fourth-order valence-electron chi connectivity index (χ4n) is 2.20. The van der Waals surface area contributed by atoms with Crippen molar-refractivity contribution < 1.29 is 9.84 Å². The number of methoxy groups -OCH3 is 1. The first-order valence-electron chi connectivity index (χ1n) is 7.23. The van der Waals surface area contributed by atoms with Crippen LogP contribution in [0.1, 0.15) is 41.1 Å². The number of aliphatic hydroxyl groups excluding tert-OH is 1. The van der Waals surface area contributed by atoms with Gasteiger partial charge in [0.25, 0.3) is 0 Å². The lowest BCUT2D eigenvalue weighted by Gasteiger charge is -2.12. The maximum Gasteiger partial charge on any atom is 0.118 e. The molecule has 1 atom stereocenters. The Morgan fingerprint density at radius 1 is 1.38 bits per heavy atom. The zero-order valence-electron chi connectivity index (χ0n) is 12.1. The Morgan fingerprint density at radius 3 is 2.81 bits per heavy atom. The molecule has 4 nitrogen and oxygen atoms in total. The highest BCUT2D eigenvalue weighted by Crippen LogP contribution is 2.41. The minimum Gasteiger partial charge on any atom is -0.497 e. The van der Waals surface area contributed by atoms with Crippen molar-refractivity contribution in [1.29, 1.82) is 0 Å². The molecule has 2 aromatic rings. The van der Waals surface area contributed by atoms with Crippen LogP contribution >= 0.6 is 11.3 Å². The molecule has 0 spiro atoms. The Balaban J connectivity index is 1.46. The average molecular weight is 304 g/mol. The predicted octanol–water partition coefficient (Wildman–Crippen LogP) is 2.85. The molecule has 21 heavy (non-hydrogen) atoms. The minimum atomic E-state index is -0.516. The van der Waals surface area contributed by atoms with Crippen molar-refractivity contribution in [2.75, 3.05) is 13.7 Å². The molecule has 1 aromatic heterocycles. The molecular formula is C16H20N2O2S. The fourth-order valence-corrected chi connectivity index (χ4v) is 3.19. The largest absolute Gasteiger partial charge is 0.497 e. The van der Waals surface area contributed by atoms with E-state index in [4.69, 9.17) is 4.74 Å². The van der Waals surface area contributed by atoms with Crippen molar-refractivity contribution in [1.82, 2.24) is 10.3 Å². The molecule has 0 radical (unpaired) electrons. The summed E-state index contributed by atoms with van der Waals surface area (Å²) in [5.41, 5.74) is 1.96. The van der Waals surface area contributed by atoms with Crippen LogP contribution in [0.25, 0.3) is 0 Å². The third-order valence-corrected chi connectivity index (χ3v) is 4.70. The van der Waals surface area contributed by atoms with E-state index in [9.17, 15) is 5.11 Å². The number of aromatic nitrogens is 1. The molecule has 2 N–H and O–H groups in total. The molecule has 1 unspecified atom stereocenters. The molecular weight excluding hydrogens is 284 g/mol. The average Bonchev–Trinajstić information content (AvgIpc) is 3.27. The third kappa shape index (κ3) is 3.81. The van der Waals surface area contributed by atoms with Crippen molar-refractivity contribution in [2.45, 2.75) is 31.4 Å². The standard InChI is InChI=1S/C16H20N2O2S/c1-20-14-6-4-11(5-7-14)15(19)9-17-8-13-10-21-16(18-13)12-2-3-12/h4-7,10,12,15,17,19H,2-3,8-9H2,1H3. The highest BCUT2D eigenvalue weighted by atomic mass is 32.1. The van der Waals surface area contributed by atoms with Gasteiger partial charge in [0.1, 0.15) is 5.75 Å². The zero-order chi connectivity index (χ0) is 14.7. The lowest BCUT2D eigenvalue weighted by molar-refractivity contribution is 0.174. The van der Waals surface area contributed by atoms with Crippen LogP contribution in [0.15, 0.2) is 29.6 Å². The van der Waals surface area contributed by atoms with Gasteiger partial charge in [-0.25, -0.2) is 4.98 Å². The summed E-state index contributed by atoms with van der Waals surface area (Å²) in [7, 11) is 1.64. The molecule has 1 heterocycles. The van der Waals surface area contributed by atoms with E-state index < -0.39 is 6.10 Å². The number of nitrogens with zero attached hydrogens (tertiary/aromatic N) is 1. The summed E-state index contributed by atoms with van der Waals surface area (Å²) in [6.07, 6.45) is 2.06. The molecule has 1 aromatic carbocycles. The van der Waals surface area contributed by atoms with Gasteiger partial charge < -0.3 is 15.2 Å². The molecule has 3 rings (SSSR count). The zero-order valence-corrected chi connectivity index (χ0v) is 12.9. The third-order valence-electron chi connectivity index (χ3n) is 3.64. The maximum absolute atomic E-state index is 10.1. The number of rotatable bonds is 7. The number of hydrogen-bond acceptors (Lipinski definition) is 5. The van der Waals surface area contributed by atoms with Crippen molar-refractivity contribution in [3.63, 3.8) is 0 Å². The van der Waals surface area contributed by atoms with Gasteiger partial charge in [0, 0.05) is 24.4 Å². The topological polar surface area (TPSA) is 54.4 Å². The van der Waals surface area contributed by atoms with E-state index in [1.54, 1.807) is 18.4 Å². The van der Waals surface area contributed by atoms with Crippen LogP contribution in [0.5, 0.6) is 5.75 Å². The minimum absolute atomic E-state index is 0.516. The first-order chi connectivity index (χ1) is 10.3. The fraction of sp³-hybridized carbons (Fsp3) is 0.438. The summed E-state index contributed by atoms with van der Waals surface area (Å²) in [6, 6.07) is 7.50. The van der Waals surface area contributed by atoms with Gasteiger partial charge in [-0.15, -0.1) is 11.3 Å². The van der Waals surface area contributed by atoms with E-state index >= 15 is 0 Å². The highest BCUT2D eigenvalue weighted by molar-refractivity contribution is 7.09. The van der Waals surface area contributed by atoms with Crippen LogP contribution in [0.2, 0.25) is 0 Å². The van der Waals surface area contributed by atoms with Gasteiger partial charge in [0.15, 0.2) is 0 Å². The van der Waals surface area contributed by atoms with Gasteiger partial charge in [0.2, 0.25) is 0 Å². The first kappa shape index (κ1) is 14.5. The Kier molecular flexibility index (Phi) is 4.53. The summed E-state index contributed by atoms with van der Waals surface area (Å²) in [5.74, 6) is 1.52. The van der Waals surface area contributed by atoms with Crippen molar-refractivity contribution in [3.05, 3.63) is 45.9 Å². The number of nitrogens with one attached hydrogen (secondary N) is 1. The van der Waals surface area contributed by atoms with E-state index in [0.29, 0.717) is 19.0 Å². The molecule has 0 saturated heterocycles. The van der Waals surface area contributed by atoms with Crippen LogP contribution in [-0.2, 0) is 6.54 Å².